The van der Waals surface area contributed by atoms with Gasteiger partial charge in [-0.15, -0.1) is 0 Å². The summed E-state index contributed by atoms with van der Waals surface area (Å²) in [5.41, 5.74) is 0.929. The third-order valence-corrected chi connectivity index (χ3v) is 5.06. The van der Waals surface area contributed by atoms with Crippen LogP contribution in [0.1, 0.15) is 10.4 Å². The van der Waals surface area contributed by atoms with Crippen LogP contribution in [0.15, 0.2) is 47.5 Å². The van der Waals surface area contributed by atoms with E-state index in [-0.39, 0.29) is 18.0 Å². The number of hydrogen-bond donors (Lipinski definition) is 0. The molecule has 0 unspecified atom stereocenters. The minimum absolute atomic E-state index is 0.168. The first-order valence-electron chi connectivity index (χ1n) is 8.65. The molecule has 1 heterocycles. The fourth-order valence-electron chi connectivity index (χ4n) is 2.56. The number of ether oxygens (including phenoxy) is 3. The number of esters is 2. The van der Waals surface area contributed by atoms with Gasteiger partial charge in [-0.3, -0.25) is 9.59 Å². The summed E-state index contributed by atoms with van der Waals surface area (Å²) >= 11 is 1.13. The SMILES string of the molecule is COC(=O)Cn1c(=NC(=O)COc2ccc(F)cc2)sc2cc(C(=O)OC)ccc21. The number of fused-ring (bicyclic) bond motifs is 1. The molecule has 0 saturated carbocycles. The third kappa shape index (κ3) is 4.90. The Morgan fingerprint density at radius 2 is 1.80 bits per heavy atom. The van der Waals surface area contributed by atoms with Crippen molar-refractivity contribution in [2.24, 2.45) is 4.99 Å². The predicted octanol–water partition coefficient (Wildman–Crippen LogP) is 2.31. The van der Waals surface area contributed by atoms with Crippen LogP contribution in [0.4, 0.5) is 4.39 Å². The molecule has 1 amide bonds. The van der Waals surface area contributed by atoms with Crippen molar-refractivity contribution in [2.75, 3.05) is 20.8 Å². The molecular weight excluding hydrogens is 415 g/mol. The number of halogens is 1. The zero-order chi connectivity index (χ0) is 21.7. The van der Waals surface area contributed by atoms with Crippen molar-refractivity contribution >= 4 is 39.4 Å². The van der Waals surface area contributed by atoms with Gasteiger partial charge in [-0.05, 0) is 42.5 Å². The molecule has 0 bridgehead atoms. The molecule has 156 valence electrons. The molecule has 3 aromatic rings. The molecular formula is C20H17FN2O6S. The molecule has 0 N–H and O–H groups in total. The van der Waals surface area contributed by atoms with Crippen LogP contribution in [0.5, 0.6) is 5.75 Å². The molecule has 0 aliphatic heterocycles. The number of hydrogen-bond acceptors (Lipinski definition) is 7. The lowest BCUT2D eigenvalue weighted by Gasteiger charge is -2.05. The summed E-state index contributed by atoms with van der Waals surface area (Å²) in [5.74, 6) is -1.73. The molecule has 0 atom stereocenters. The number of carbonyl (C=O) groups is 3. The zero-order valence-electron chi connectivity index (χ0n) is 16.1. The number of aromatic nitrogens is 1. The highest BCUT2D eigenvalue weighted by atomic mass is 32.1. The normalized spacial score (nSPS) is 11.4. The summed E-state index contributed by atoms with van der Waals surface area (Å²) in [7, 11) is 2.53. The maximum absolute atomic E-state index is 12.9. The molecule has 1 aromatic heterocycles. The van der Waals surface area contributed by atoms with Crippen molar-refractivity contribution in [1.82, 2.24) is 4.57 Å². The lowest BCUT2D eigenvalue weighted by atomic mass is 10.2. The monoisotopic (exact) mass is 432 g/mol. The van der Waals surface area contributed by atoms with Gasteiger partial charge in [0.15, 0.2) is 11.4 Å². The van der Waals surface area contributed by atoms with Crippen LogP contribution < -0.4 is 9.54 Å². The van der Waals surface area contributed by atoms with E-state index in [9.17, 15) is 18.8 Å². The van der Waals surface area contributed by atoms with Crippen molar-refractivity contribution in [3.05, 3.63) is 58.6 Å². The Morgan fingerprint density at radius 1 is 1.07 bits per heavy atom. The Labute approximate surface area is 174 Å². The maximum atomic E-state index is 12.9. The van der Waals surface area contributed by atoms with E-state index >= 15 is 0 Å². The number of nitrogens with zero attached hydrogens (tertiary/aromatic N) is 2. The Morgan fingerprint density at radius 3 is 2.47 bits per heavy atom. The summed E-state index contributed by atoms with van der Waals surface area (Å²) in [5, 5.41) is 0. The Kier molecular flexibility index (Phi) is 6.58. The van der Waals surface area contributed by atoms with Crippen LogP contribution in [0.2, 0.25) is 0 Å². The summed E-state index contributed by atoms with van der Waals surface area (Å²) in [4.78, 5) is 40.2. The van der Waals surface area contributed by atoms with Gasteiger partial charge in [-0.1, -0.05) is 11.3 Å². The standard InChI is InChI=1S/C20H17FN2O6S/c1-27-18(25)10-23-15-8-3-12(19(26)28-2)9-16(15)30-20(23)22-17(24)11-29-14-6-4-13(21)5-7-14/h3-9H,10-11H2,1-2H3. The summed E-state index contributed by atoms with van der Waals surface area (Å²) in [6, 6.07) is 10.0. The van der Waals surface area contributed by atoms with Crippen molar-refractivity contribution in [2.45, 2.75) is 6.54 Å². The predicted molar refractivity (Wildman–Crippen MR) is 106 cm³/mol. The van der Waals surface area contributed by atoms with E-state index in [1.54, 1.807) is 18.2 Å². The molecule has 3 rings (SSSR count). The lowest BCUT2D eigenvalue weighted by molar-refractivity contribution is -0.141. The average molecular weight is 432 g/mol. The summed E-state index contributed by atoms with van der Waals surface area (Å²) in [6.07, 6.45) is 0. The lowest BCUT2D eigenvalue weighted by Crippen LogP contribution is -2.23. The zero-order valence-corrected chi connectivity index (χ0v) is 16.9. The van der Waals surface area contributed by atoms with Gasteiger partial charge in [0.05, 0.1) is 30.0 Å². The van der Waals surface area contributed by atoms with Crippen LogP contribution in [-0.4, -0.2) is 43.2 Å². The van der Waals surface area contributed by atoms with Crippen LogP contribution >= 0.6 is 11.3 Å². The van der Waals surface area contributed by atoms with Crippen LogP contribution in [0.25, 0.3) is 10.2 Å². The van der Waals surface area contributed by atoms with Crippen molar-refractivity contribution < 1.29 is 33.0 Å². The van der Waals surface area contributed by atoms with Gasteiger partial charge in [-0.2, -0.15) is 4.99 Å². The minimum Gasteiger partial charge on any atom is -0.484 e. The molecule has 0 spiro atoms. The first-order valence-corrected chi connectivity index (χ1v) is 9.47. The first-order chi connectivity index (χ1) is 14.4. The molecule has 0 aliphatic carbocycles. The molecule has 0 radical (unpaired) electrons. The van der Waals surface area contributed by atoms with Gasteiger partial charge in [0.1, 0.15) is 18.1 Å². The molecule has 8 nitrogen and oxygen atoms in total. The largest absolute Gasteiger partial charge is 0.484 e. The Hall–Kier alpha value is -3.53. The van der Waals surface area contributed by atoms with E-state index in [0.29, 0.717) is 21.5 Å². The average Bonchev–Trinajstić information content (AvgIpc) is 3.08. The van der Waals surface area contributed by atoms with Gasteiger partial charge in [0.2, 0.25) is 0 Å². The van der Waals surface area contributed by atoms with Gasteiger partial charge in [-0.25, -0.2) is 9.18 Å². The van der Waals surface area contributed by atoms with Crippen molar-refractivity contribution in [1.29, 1.82) is 0 Å². The smallest absolute Gasteiger partial charge is 0.337 e. The van der Waals surface area contributed by atoms with E-state index in [4.69, 9.17) is 14.2 Å². The second kappa shape index (κ2) is 9.31. The fraction of sp³-hybridized carbons (Fsp3) is 0.200. The van der Waals surface area contributed by atoms with Crippen LogP contribution in [-0.2, 0) is 25.6 Å². The number of carbonyl (C=O) groups excluding carboxylic acids is 3. The van der Waals surface area contributed by atoms with Crippen LogP contribution in [0, 0.1) is 5.82 Å². The van der Waals surface area contributed by atoms with Crippen molar-refractivity contribution in [3.8, 4) is 5.75 Å². The van der Waals surface area contributed by atoms with Gasteiger partial charge >= 0.3 is 11.9 Å². The highest BCUT2D eigenvalue weighted by molar-refractivity contribution is 7.16. The van der Waals surface area contributed by atoms with Crippen molar-refractivity contribution in [3.63, 3.8) is 0 Å². The molecule has 10 heteroatoms. The number of rotatable bonds is 6. The fourth-order valence-corrected chi connectivity index (χ4v) is 3.65. The minimum atomic E-state index is -0.599. The van der Waals surface area contributed by atoms with Gasteiger partial charge < -0.3 is 18.8 Å². The highest BCUT2D eigenvalue weighted by Crippen LogP contribution is 2.20. The molecule has 0 fully saturated rings. The molecule has 30 heavy (non-hydrogen) atoms. The van der Waals surface area contributed by atoms with E-state index in [1.807, 2.05) is 0 Å². The summed E-state index contributed by atoms with van der Waals surface area (Å²) in [6.45, 7) is -0.537. The topological polar surface area (TPSA) is 96.2 Å². The quantitative estimate of drug-likeness (QED) is 0.555. The number of benzene rings is 2. The molecule has 2 aromatic carbocycles. The summed E-state index contributed by atoms with van der Waals surface area (Å²) < 4.78 is 29.8. The second-order valence-electron chi connectivity index (χ2n) is 5.97. The Bertz CT molecular complexity index is 1170. The van der Waals surface area contributed by atoms with E-state index < -0.39 is 23.7 Å². The van der Waals surface area contributed by atoms with Crippen LogP contribution in [0.3, 0.4) is 0 Å². The molecule has 0 aliphatic rings. The third-order valence-electron chi connectivity index (χ3n) is 4.02. The van der Waals surface area contributed by atoms with E-state index in [2.05, 4.69) is 4.99 Å². The first kappa shape index (κ1) is 21.2. The van der Waals surface area contributed by atoms with Gasteiger partial charge in [0.25, 0.3) is 5.91 Å². The van der Waals surface area contributed by atoms with E-state index in [1.165, 1.54) is 43.1 Å². The maximum Gasteiger partial charge on any atom is 0.337 e. The van der Waals surface area contributed by atoms with Gasteiger partial charge in [0, 0.05) is 0 Å². The Balaban J connectivity index is 1.93. The number of thiazole rings is 1. The number of amides is 1. The molecule has 0 saturated heterocycles. The highest BCUT2D eigenvalue weighted by Gasteiger charge is 2.14. The second-order valence-corrected chi connectivity index (χ2v) is 6.98. The van der Waals surface area contributed by atoms with E-state index in [0.717, 1.165) is 11.3 Å². The number of methoxy groups -OCH3 is 2.